The Morgan fingerprint density at radius 3 is 2.53 bits per heavy atom. The molecule has 5 aliphatic rings. The molecule has 32 heavy (non-hydrogen) atoms. The molecule has 0 spiro atoms. The molecule has 0 saturated heterocycles. The van der Waals surface area contributed by atoms with Crippen molar-refractivity contribution in [3.05, 3.63) is 23.3 Å². The van der Waals surface area contributed by atoms with Gasteiger partial charge in [-0.3, -0.25) is 4.79 Å². The summed E-state index contributed by atoms with van der Waals surface area (Å²) < 4.78 is 0. The van der Waals surface area contributed by atoms with Crippen LogP contribution in [0, 0.1) is 40.4 Å². The molecule has 1 N–H and O–H groups in total. The largest absolute Gasteiger partial charge is 0.478 e. The summed E-state index contributed by atoms with van der Waals surface area (Å²) in [7, 11) is 0. The Hall–Kier alpha value is -1.38. The lowest BCUT2D eigenvalue weighted by Crippen LogP contribution is -2.50. The number of carbonyl (C=O) groups excluding carboxylic acids is 1. The van der Waals surface area contributed by atoms with Crippen molar-refractivity contribution in [3.63, 3.8) is 0 Å². The molecule has 5 rings (SSSR count). The topological polar surface area (TPSA) is 54.4 Å². The number of hydrogen-bond donors (Lipinski definition) is 1. The highest BCUT2D eigenvalue weighted by Crippen LogP contribution is 2.66. The fraction of sp³-hybridized carbons (Fsp3) is 0.793. The molecule has 176 valence electrons. The number of aliphatic carboxylic acids is 1. The average molecular weight is 439 g/mol. The number of carboxylic acid groups (broad SMARTS) is 1. The van der Waals surface area contributed by atoms with Crippen molar-refractivity contribution in [2.45, 2.75) is 104 Å². The van der Waals surface area contributed by atoms with Gasteiger partial charge >= 0.3 is 5.97 Å². The summed E-state index contributed by atoms with van der Waals surface area (Å²) in [4.78, 5) is 25.0. The van der Waals surface area contributed by atoms with Crippen LogP contribution in [0.1, 0.15) is 104 Å². The molecule has 0 aromatic carbocycles. The highest BCUT2D eigenvalue weighted by molar-refractivity contribution is 5.87. The third-order valence-corrected chi connectivity index (χ3v) is 11.0. The number of allylic oxidation sites excluding steroid dienone is 3. The Morgan fingerprint density at radius 1 is 1.00 bits per heavy atom. The molecule has 0 aliphatic heterocycles. The molecule has 0 radical (unpaired) electrons. The summed E-state index contributed by atoms with van der Waals surface area (Å²) in [6.45, 7) is 4.85. The van der Waals surface area contributed by atoms with Crippen LogP contribution in [0.2, 0.25) is 0 Å². The van der Waals surface area contributed by atoms with Crippen LogP contribution in [0.3, 0.4) is 0 Å². The van der Waals surface area contributed by atoms with Gasteiger partial charge in [0.2, 0.25) is 0 Å². The number of carbonyl (C=O) groups is 2. The van der Waals surface area contributed by atoms with Crippen molar-refractivity contribution in [1.82, 2.24) is 0 Å². The van der Waals surface area contributed by atoms with Crippen molar-refractivity contribution in [1.29, 1.82) is 0 Å². The lowest BCUT2D eigenvalue weighted by Gasteiger charge is -2.57. The van der Waals surface area contributed by atoms with Crippen LogP contribution in [0.5, 0.6) is 0 Å². The number of fused-ring (bicyclic) bond motifs is 5. The van der Waals surface area contributed by atoms with Crippen molar-refractivity contribution in [2.75, 3.05) is 0 Å². The monoisotopic (exact) mass is 438 g/mol. The maximum atomic E-state index is 13.4. The third kappa shape index (κ3) is 3.62. The minimum absolute atomic E-state index is 0.117. The fourth-order valence-corrected chi connectivity index (χ4v) is 9.02. The van der Waals surface area contributed by atoms with Crippen molar-refractivity contribution in [2.24, 2.45) is 40.4 Å². The minimum atomic E-state index is -0.753. The molecule has 0 unspecified atom stereocenters. The molecule has 3 heteroatoms. The van der Waals surface area contributed by atoms with Gasteiger partial charge in [0.05, 0.1) is 0 Å². The lowest BCUT2D eigenvalue weighted by molar-refractivity contribution is -0.133. The van der Waals surface area contributed by atoms with Gasteiger partial charge in [0.15, 0.2) is 0 Å². The number of carboxylic acids is 1. The van der Waals surface area contributed by atoms with Crippen LogP contribution in [0.25, 0.3) is 0 Å². The van der Waals surface area contributed by atoms with Crippen LogP contribution in [-0.2, 0) is 9.59 Å². The molecule has 0 heterocycles. The molecule has 6 atom stereocenters. The van der Waals surface area contributed by atoms with Gasteiger partial charge in [-0.2, -0.15) is 0 Å². The van der Waals surface area contributed by atoms with E-state index in [1.807, 2.05) is 6.08 Å². The molecule has 0 amide bonds. The Balaban J connectivity index is 1.30. The smallest absolute Gasteiger partial charge is 0.331 e. The van der Waals surface area contributed by atoms with E-state index in [1.165, 1.54) is 56.9 Å². The second-order valence-corrected chi connectivity index (χ2v) is 12.3. The van der Waals surface area contributed by atoms with Gasteiger partial charge in [0.25, 0.3) is 0 Å². The van der Waals surface area contributed by atoms with Crippen molar-refractivity contribution < 1.29 is 14.7 Å². The predicted octanol–water partition coefficient (Wildman–Crippen LogP) is 7.12. The summed E-state index contributed by atoms with van der Waals surface area (Å²) in [5.74, 6) is 2.86. The van der Waals surface area contributed by atoms with E-state index in [0.717, 1.165) is 38.0 Å². The van der Waals surface area contributed by atoms with E-state index in [-0.39, 0.29) is 16.7 Å². The van der Waals surface area contributed by atoms with Crippen LogP contribution < -0.4 is 0 Å². The molecule has 5 aliphatic carbocycles. The Labute approximate surface area is 194 Å². The first-order valence-electron chi connectivity index (χ1n) is 13.5. The first-order valence-corrected chi connectivity index (χ1v) is 13.5. The second kappa shape index (κ2) is 8.44. The quantitative estimate of drug-likeness (QED) is 0.497. The molecule has 0 aromatic rings. The molecule has 3 nitrogen and oxygen atoms in total. The van der Waals surface area contributed by atoms with E-state index in [9.17, 15) is 14.7 Å². The maximum absolute atomic E-state index is 13.4. The molecule has 0 aromatic heterocycles. The zero-order valence-corrected chi connectivity index (χ0v) is 20.2. The molecule has 3 saturated carbocycles. The standard InChI is InChI=1S/C29H42O3/c1-28-16-14-20(27(31)32)18-21(28)9-10-22-23-11-12-25(29(23,2)17-15-24(22)28)26(30)13-8-19-6-4-3-5-7-19/h9,18-19,22-25H,3-8,10-17H2,1-2H3,(H,31,32)/t22-,23-,24-,25+,28-,29-/m0/s1. The van der Waals surface area contributed by atoms with E-state index in [4.69, 9.17) is 0 Å². The van der Waals surface area contributed by atoms with Crippen molar-refractivity contribution >= 4 is 11.8 Å². The van der Waals surface area contributed by atoms with Crippen LogP contribution >= 0.6 is 0 Å². The van der Waals surface area contributed by atoms with E-state index in [2.05, 4.69) is 19.9 Å². The predicted molar refractivity (Wildman–Crippen MR) is 127 cm³/mol. The van der Waals surface area contributed by atoms with Gasteiger partial charge in [-0.05, 0) is 97.5 Å². The average Bonchev–Trinajstić information content (AvgIpc) is 3.15. The highest BCUT2D eigenvalue weighted by Gasteiger charge is 2.59. The van der Waals surface area contributed by atoms with E-state index in [0.29, 0.717) is 35.5 Å². The van der Waals surface area contributed by atoms with Crippen LogP contribution in [0.4, 0.5) is 0 Å². The van der Waals surface area contributed by atoms with Gasteiger partial charge < -0.3 is 5.11 Å². The van der Waals surface area contributed by atoms with Gasteiger partial charge in [0, 0.05) is 17.9 Å². The minimum Gasteiger partial charge on any atom is -0.478 e. The van der Waals surface area contributed by atoms with Crippen LogP contribution in [0.15, 0.2) is 23.3 Å². The summed E-state index contributed by atoms with van der Waals surface area (Å²) in [5, 5.41) is 9.48. The number of hydrogen-bond acceptors (Lipinski definition) is 2. The summed E-state index contributed by atoms with van der Waals surface area (Å²) >= 11 is 0. The highest BCUT2D eigenvalue weighted by atomic mass is 16.4. The second-order valence-electron chi connectivity index (χ2n) is 12.3. The van der Waals surface area contributed by atoms with Gasteiger partial charge in [0.1, 0.15) is 5.78 Å². The number of Topliss-reactive ketones (excluding diaryl/α,β-unsaturated/α-hetero) is 1. The van der Waals surface area contributed by atoms with Gasteiger partial charge in [-0.1, -0.05) is 52.0 Å². The number of rotatable bonds is 5. The van der Waals surface area contributed by atoms with E-state index in [1.54, 1.807) is 0 Å². The Bertz CT molecular complexity index is 831. The summed E-state index contributed by atoms with van der Waals surface area (Å²) in [5.41, 5.74) is 2.16. The molecule has 0 bridgehead atoms. The van der Waals surface area contributed by atoms with Gasteiger partial charge in [-0.25, -0.2) is 4.79 Å². The SMILES string of the molecule is C[C@]12CC[C@H]3[C@@H](CC=C4C=C(C(=O)O)CC[C@@]43C)[C@@H]1CC[C@@H]2C(=O)CCC1CCCCC1. The van der Waals surface area contributed by atoms with E-state index >= 15 is 0 Å². The fourth-order valence-electron chi connectivity index (χ4n) is 9.02. The summed E-state index contributed by atoms with van der Waals surface area (Å²) in [6, 6.07) is 0. The van der Waals surface area contributed by atoms with Gasteiger partial charge in [-0.15, -0.1) is 0 Å². The first-order chi connectivity index (χ1) is 15.3. The maximum Gasteiger partial charge on any atom is 0.331 e. The Morgan fingerprint density at radius 2 is 1.78 bits per heavy atom. The third-order valence-electron chi connectivity index (χ3n) is 11.0. The summed E-state index contributed by atoms with van der Waals surface area (Å²) in [6.07, 6.45) is 20.5. The van der Waals surface area contributed by atoms with Crippen molar-refractivity contribution in [3.8, 4) is 0 Å². The lowest BCUT2D eigenvalue weighted by atomic mass is 9.47. The normalized spacial score (nSPS) is 41.7. The molecular weight excluding hydrogens is 396 g/mol. The molecule has 3 fully saturated rings. The zero-order chi connectivity index (χ0) is 22.5. The molecular formula is C29H42O3. The van der Waals surface area contributed by atoms with E-state index < -0.39 is 5.97 Å². The number of ketones is 1. The van der Waals surface area contributed by atoms with Crippen LogP contribution in [-0.4, -0.2) is 16.9 Å². The Kier molecular flexibility index (Phi) is 5.91. The zero-order valence-electron chi connectivity index (χ0n) is 20.2. The first kappa shape index (κ1) is 22.4.